The van der Waals surface area contributed by atoms with Crippen molar-refractivity contribution in [3.63, 3.8) is 0 Å². The minimum Gasteiger partial charge on any atom is -0.300 e. The summed E-state index contributed by atoms with van der Waals surface area (Å²) in [5.41, 5.74) is 0.361. The van der Waals surface area contributed by atoms with E-state index in [2.05, 4.69) is 5.10 Å². The monoisotopic (exact) mass is 156 g/mol. The molecule has 1 heterocycles. The number of rotatable bonds is 2. The molecule has 0 bridgehead atoms. The number of carbonyl (C=O) groups excluding carboxylic acids is 1. The molecule has 0 aliphatic rings. The number of hydrogen-bond acceptors (Lipinski definition) is 2. The maximum Gasteiger partial charge on any atom is 0.214 e. The second-order valence-electron chi connectivity index (χ2n) is 2.46. The lowest BCUT2D eigenvalue weighted by Gasteiger charge is -1.91. The van der Waals surface area contributed by atoms with Gasteiger partial charge < -0.3 is 0 Å². The van der Waals surface area contributed by atoms with E-state index in [1.165, 1.54) is 20.2 Å². The first-order chi connectivity index (χ1) is 5.11. The summed E-state index contributed by atoms with van der Waals surface area (Å²) in [7, 11) is 1.50. The highest BCUT2D eigenvalue weighted by Gasteiger charge is 2.08. The average Bonchev–Trinajstić information content (AvgIpc) is 2.18. The molecule has 0 saturated heterocycles. The van der Waals surface area contributed by atoms with Gasteiger partial charge in [-0.1, -0.05) is 0 Å². The zero-order valence-electron chi connectivity index (χ0n) is 6.47. The average molecular weight is 156 g/mol. The van der Waals surface area contributed by atoms with E-state index < -0.39 is 5.95 Å². The zero-order chi connectivity index (χ0) is 8.43. The van der Waals surface area contributed by atoms with Crippen molar-refractivity contribution in [2.45, 2.75) is 13.3 Å². The van der Waals surface area contributed by atoms with E-state index in [1.807, 2.05) is 0 Å². The maximum absolute atomic E-state index is 12.9. The highest BCUT2D eigenvalue weighted by molar-refractivity contribution is 5.78. The number of halogens is 1. The second-order valence-corrected chi connectivity index (χ2v) is 2.46. The molecule has 0 atom stereocenters. The third kappa shape index (κ3) is 1.63. The molecular weight excluding hydrogens is 147 g/mol. The van der Waals surface area contributed by atoms with Gasteiger partial charge in [0.15, 0.2) is 0 Å². The summed E-state index contributed by atoms with van der Waals surface area (Å²) < 4.78 is 14.0. The molecular formula is C7H9FN2O. The van der Waals surface area contributed by atoms with Crippen molar-refractivity contribution in [1.29, 1.82) is 0 Å². The SMILES string of the molecule is CC(=O)Cc1cnn(C)c1F. The molecule has 60 valence electrons. The van der Waals surface area contributed by atoms with Crippen molar-refractivity contribution >= 4 is 5.78 Å². The minimum atomic E-state index is -0.430. The van der Waals surface area contributed by atoms with Crippen LogP contribution in [0.4, 0.5) is 4.39 Å². The van der Waals surface area contributed by atoms with Crippen LogP contribution in [0.3, 0.4) is 0 Å². The number of hydrogen-bond donors (Lipinski definition) is 0. The summed E-state index contributed by atoms with van der Waals surface area (Å²) in [5.74, 6) is -0.489. The molecule has 0 aliphatic heterocycles. The van der Waals surface area contributed by atoms with Gasteiger partial charge in [-0.2, -0.15) is 9.49 Å². The topological polar surface area (TPSA) is 34.9 Å². The van der Waals surface area contributed by atoms with E-state index >= 15 is 0 Å². The van der Waals surface area contributed by atoms with Crippen LogP contribution in [0, 0.1) is 5.95 Å². The molecule has 4 heteroatoms. The largest absolute Gasteiger partial charge is 0.300 e. The van der Waals surface area contributed by atoms with Crippen LogP contribution in [-0.2, 0) is 18.3 Å². The lowest BCUT2D eigenvalue weighted by molar-refractivity contribution is -0.116. The Morgan fingerprint density at radius 1 is 1.82 bits per heavy atom. The summed E-state index contributed by atoms with van der Waals surface area (Å²) in [4.78, 5) is 10.6. The molecule has 1 aromatic heterocycles. The number of carbonyl (C=O) groups is 1. The Bertz CT molecular complexity index is 280. The standard InChI is InChI=1S/C7H9FN2O/c1-5(11)3-6-4-9-10(2)7(6)8/h4H,3H2,1-2H3. The normalized spacial score (nSPS) is 10.1. The molecule has 1 aromatic rings. The van der Waals surface area contributed by atoms with Gasteiger partial charge in [0.05, 0.1) is 6.20 Å². The Balaban J connectivity index is 2.87. The van der Waals surface area contributed by atoms with E-state index in [-0.39, 0.29) is 12.2 Å². The van der Waals surface area contributed by atoms with Gasteiger partial charge in [0.1, 0.15) is 5.78 Å². The molecule has 0 saturated carbocycles. The zero-order valence-corrected chi connectivity index (χ0v) is 6.47. The van der Waals surface area contributed by atoms with E-state index in [4.69, 9.17) is 0 Å². The summed E-state index contributed by atoms with van der Waals surface area (Å²) in [6.07, 6.45) is 1.50. The number of aryl methyl sites for hydroxylation is 1. The first-order valence-corrected chi connectivity index (χ1v) is 3.27. The fourth-order valence-electron chi connectivity index (χ4n) is 0.855. The van der Waals surface area contributed by atoms with Gasteiger partial charge in [0, 0.05) is 19.0 Å². The van der Waals surface area contributed by atoms with Gasteiger partial charge in [-0.15, -0.1) is 0 Å². The Morgan fingerprint density at radius 3 is 2.82 bits per heavy atom. The van der Waals surface area contributed by atoms with Crippen molar-refractivity contribution in [3.8, 4) is 0 Å². The lowest BCUT2D eigenvalue weighted by Crippen LogP contribution is -2.00. The van der Waals surface area contributed by atoms with Gasteiger partial charge in [0.2, 0.25) is 5.95 Å². The van der Waals surface area contributed by atoms with Crippen molar-refractivity contribution in [2.24, 2.45) is 7.05 Å². The maximum atomic E-state index is 12.9. The fraction of sp³-hybridized carbons (Fsp3) is 0.429. The fourth-order valence-corrected chi connectivity index (χ4v) is 0.855. The summed E-state index contributed by atoms with van der Waals surface area (Å²) >= 11 is 0. The molecule has 0 radical (unpaired) electrons. The number of ketones is 1. The van der Waals surface area contributed by atoms with Gasteiger partial charge in [-0.25, -0.2) is 4.68 Å². The Morgan fingerprint density at radius 2 is 2.45 bits per heavy atom. The van der Waals surface area contributed by atoms with Crippen molar-refractivity contribution < 1.29 is 9.18 Å². The first-order valence-electron chi connectivity index (χ1n) is 3.27. The van der Waals surface area contributed by atoms with Crippen LogP contribution in [-0.4, -0.2) is 15.6 Å². The van der Waals surface area contributed by atoms with Gasteiger partial charge >= 0.3 is 0 Å². The van der Waals surface area contributed by atoms with E-state index in [0.29, 0.717) is 5.56 Å². The van der Waals surface area contributed by atoms with E-state index in [0.717, 1.165) is 4.68 Å². The quantitative estimate of drug-likeness (QED) is 0.631. The predicted octanol–water partition coefficient (Wildman–Crippen LogP) is 0.691. The Hall–Kier alpha value is -1.19. The molecule has 0 spiro atoms. The van der Waals surface area contributed by atoms with Gasteiger partial charge in [-0.3, -0.25) is 4.79 Å². The third-order valence-electron chi connectivity index (χ3n) is 1.38. The lowest BCUT2D eigenvalue weighted by atomic mass is 10.2. The molecule has 3 nitrogen and oxygen atoms in total. The van der Waals surface area contributed by atoms with Crippen LogP contribution in [0.2, 0.25) is 0 Å². The van der Waals surface area contributed by atoms with Crippen LogP contribution in [0.15, 0.2) is 6.20 Å². The van der Waals surface area contributed by atoms with Gasteiger partial charge in [0.25, 0.3) is 0 Å². The summed E-state index contributed by atoms with van der Waals surface area (Å²) in [5, 5.41) is 3.66. The van der Waals surface area contributed by atoms with Crippen molar-refractivity contribution in [1.82, 2.24) is 9.78 Å². The van der Waals surface area contributed by atoms with E-state index in [9.17, 15) is 9.18 Å². The van der Waals surface area contributed by atoms with Crippen LogP contribution >= 0.6 is 0 Å². The first kappa shape index (κ1) is 7.91. The Labute approximate surface area is 63.8 Å². The Kier molecular flexibility index (Phi) is 2.03. The smallest absolute Gasteiger partial charge is 0.214 e. The van der Waals surface area contributed by atoms with Gasteiger partial charge in [-0.05, 0) is 6.92 Å². The molecule has 0 amide bonds. The third-order valence-corrected chi connectivity index (χ3v) is 1.38. The molecule has 0 unspecified atom stereocenters. The molecule has 11 heavy (non-hydrogen) atoms. The van der Waals surface area contributed by atoms with E-state index in [1.54, 1.807) is 0 Å². The second kappa shape index (κ2) is 2.82. The summed E-state index contributed by atoms with van der Waals surface area (Å²) in [6.45, 7) is 1.42. The van der Waals surface area contributed by atoms with Crippen LogP contribution in [0.25, 0.3) is 0 Å². The molecule has 0 aliphatic carbocycles. The molecule has 0 N–H and O–H groups in total. The minimum absolute atomic E-state index is 0.0584. The number of aromatic nitrogens is 2. The summed E-state index contributed by atoms with van der Waals surface area (Å²) in [6, 6.07) is 0. The van der Waals surface area contributed by atoms with Crippen LogP contribution in [0.5, 0.6) is 0 Å². The highest BCUT2D eigenvalue weighted by atomic mass is 19.1. The highest BCUT2D eigenvalue weighted by Crippen LogP contribution is 2.05. The van der Waals surface area contributed by atoms with Crippen LogP contribution in [0.1, 0.15) is 12.5 Å². The molecule has 0 fully saturated rings. The van der Waals surface area contributed by atoms with Crippen molar-refractivity contribution in [3.05, 3.63) is 17.7 Å². The van der Waals surface area contributed by atoms with Crippen LogP contribution < -0.4 is 0 Å². The molecule has 1 rings (SSSR count). The molecule has 0 aromatic carbocycles. The predicted molar refractivity (Wildman–Crippen MR) is 37.6 cm³/mol. The number of nitrogens with zero attached hydrogens (tertiary/aromatic N) is 2. The van der Waals surface area contributed by atoms with Crippen molar-refractivity contribution in [2.75, 3.05) is 0 Å². The number of Topliss-reactive ketones (excluding diaryl/α,β-unsaturated/α-hetero) is 1.